The minimum absolute atomic E-state index is 0.0971. The van der Waals surface area contributed by atoms with Crippen molar-refractivity contribution in [3.63, 3.8) is 0 Å². The maximum Gasteiger partial charge on any atom is 0.159 e. The molecule has 0 bridgehead atoms. The highest BCUT2D eigenvalue weighted by Crippen LogP contribution is 2.13. The van der Waals surface area contributed by atoms with Gasteiger partial charge in [0.25, 0.3) is 0 Å². The van der Waals surface area contributed by atoms with Gasteiger partial charge in [0.2, 0.25) is 0 Å². The van der Waals surface area contributed by atoms with E-state index < -0.39 is 0 Å². The van der Waals surface area contributed by atoms with Gasteiger partial charge in [0.15, 0.2) is 5.78 Å². The molecule has 0 fully saturated rings. The lowest BCUT2D eigenvalue weighted by Crippen LogP contribution is -2.05. The summed E-state index contributed by atoms with van der Waals surface area (Å²) < 4.78 is 5.72. The lowest BCUT2D eigenvalue weighted by molar-refractivity contribution is 0.101. The van der Waals surface area contributed by atoms with E-state index in [-0.39, 0.29) is 5.78 Å². The monoisotopic (exact) mass is 297 g/mol. The molecule has 0 atom stereocenters. The van der Waals surface area contributed by atoms with Crippen molar-refractivity contribution < 1.29 is 9.53 Å². The molecule has 2 aromatic rings. The van der Waals surface area contributed by atoms with E-state index in [9.17, 15) is 4.79 Å². The van der Waals surface area contributed by atoms with Gasteiger partial charge in [-0.15, -0.1) is 0 Å². The van der Waals surface area contributed by atoms with Crippen LogP contribution in [0.15, 0.2) is 48.5 Å². The Balaban J connectivity index is 1.62. The minimum atomic E-state index is 0.0971. The lowest BCUT2D eigenvalue weighted by Gasteiger charge is -2.08. The van der Waals surface area contributed by atoms with Crippen molar-refractivity contribution in [1.82, 2.24) is 0 Å². The first kappa shape index (κ1) is 16.1. The Morgan fingerprint density at radius 2 is 1.86 bits per heavy atom. The molecular formula is C19H23NO2. The number of hydrogen-bond acceptors (Lipinski definition) is 3. The van der Waals surface area contributed by atoms with Gasteiger partial charge in [0.05, 0.1) is 6.61 Å². The van der Waals surface area contributed by atoms with Crippen LogP contribution < -0.4 is 10.1 Å². The Labute approximate surface area is 132 Å². The second-order valence-electron chi connectivity index (χ2n) is 5.43. The highest BCUT2D eigenvalue weighted by atomic mass is 16.5. The van der Waals surface area contributed by atoms with Gasteiger partial charge in [-0.05, 0) is 68.7 Å². The van der Waals surface area contributed by atoms with Crippen molar-refractivity contribution in [2.45, 2.75) is 26.7 Å². The third-order valence-electron chi connectivity index (χ3n) is 3.45. The third kappa shape index (κ3) is 5.24. The molecule has 22 heavy (non-hydrogen) atoms. The zero-order valence-electron chi connectivity index (χ0n) is 13.3. The predicted molar refractivity (Wildman–Crippen MR) is 90.8 cm³/mol. The van der Waals surface area contributed by atoms with Crippen LogP contribution in [0.3, 0.4) is 0 Å². The van der Waals surface area contributed by atoms with E-state index in [1.807, 2.05) is 36.4 Å². The van der Waals surface area contributed by atoms with Crippen LogP contribution in [-0.2, 0) is 0 Å². The van der Waals surface area contributed by atoms with E-state index in [1.165, 1.54) is 5.56 Å². The number of hydrogen-bond donors (Lipinski definition) is 1. The second-order valence-corrected chi connectivity index (χ2v) is 5.43. The summed E-state index contributed by atoms with van der Waals surface area (Å²) in [5.41, 5.74) is 3.01. The number of carbonyl (C=O) groups is 1. The smallest absolute Gasteiger partial charge is 0.159 e. The van der Waals surface area contributed by atoms with Crippen molar-refractivity contribution in [3.05, 3.63) is 59.7 Å². The van der Waals surface area contributed by atoms with E-state index >= 15 is 0 Å². The number of unbranched alkanes of at least 4 members (excludes halogenated alkanes) is 1. The summed E-state index contributed by atoms with van der Waals surface area (Å²) in [5, 5.41) is 3.35. The summed E-state index contributed by atoms with van der Waals surface area (Å²) >= 11 is 0. The Morgan fingerprint density at radius 3 is 2.55 bits per heavy atom. The zero-order chi connectivity index (χ0) is 15.8. The molecule has 0 unspecified atom stereocenters. The van der Waals surface area contributed by atoms with Crippen molar-refractivity contribution in [1.29, 1.82) is 0 Å². The fourth-order valence-electron chi connectivity index (χ4n) is 2.18. The molecule has 0 heterocycles. The number of benzene rings is 2. The molecule has 0 amide bonds. The van der Waals surface area contributed by atoms with E-state index in [0.29, 0.717) is 0 Å². The maximum atomic E-state index is 11.2. The summed E-state index contributed by atoms with van der Waals surface area (Å²) in [4.78, 5) is 11.2. The van der Waals surface area contributed by atoms with Crippen molar-refractivity contribution in [2.75, 3.05) is 18.5 Å². The van der Waals surface area contributed by atoms with Gasteiger partial charge in [-0.2, -0.15) is 0 Å². The van der Waals surface area contributed by atoms with Crippen molar-refractivity contribution >= 4 is 11.5 Å². The number of carbonyl (C=O) groups excluding carboxylic acids is 1. The number of Topliss-reactive ketones (excluding diaryl/α,β-unsaturated/α-hetero) is 1. The number of rotatable bonds is 8. The molecule has 0 radical (unpaired) electrons. The topological polar surface area (TPSA) is 38.3 Å². The number of ketones is 1. The first-order chi connectivity index (χ1) is 10.6. The highest BCUT2D eigenvalue weighted by Gasteiger charge is 1.99. The summed E-state index contributed by atoms with van der Waals surface area (Å²) in [6.45, 7) is 5.27. The SMILES string of the molecule is CC(=O)c1ccc(NCCCCOc2cccc(C)c2)cc1. The molecule has 0 aliphatic carbocycles. The van der Waals surface area contributed by atoms with Gasteiger partial charge < -0.3 is 10.1 Å². The molecule has 0 aromatic heterocycles. The second kappa shape index (κ2) is 8.23. The van der Waals surface area contributed by atoms with Gasteiger partial charge in [0.1, 0.15) is 5.75 Å². The van der Waals surface area contributed by atoms with Crippen LogP contribution in [0.4, 0.5) is 5.69 Å². The third-order valence-corrected chi connectivity index (χ3v) is 3.45. The minimum Gasteiger partial charge on any atom is -0.494 e. The predicted octanol–water partition coefficient (Wildman–Crippen LogP) is 4.47. The first-order valence-corrected chi connectivity index (χ1v) is 7.69. The molecular weight excluding hydrogens is 274 g/mol. The van der Waals surface area contributed by atoms with Crippen molar-refractivity contribution in [2.24, 2.45) is 0 Å². The fraction of sp³-hybridized carbons (Fsp3) is 0.316. The molecule has 1 N–H and O–H groups in total. The normalized spacial score (nSPS) is 10.3. The van der Waals surface area contributed by atoms with Gasteiger partial charge >= 0.3 is 0 Å². The maximum absolute atomic E-state index is 11.2. The molecule has 2 aromatic carbocycles. The highest BCUT2D eigenvalue weighted by molar-refractivity contribution is 5.94. The molecule has 0 saturated carbocycles. The van der Waals surface area contributed by atoms with Crippen LogP contribution in [0.5, 0.6) is 5.75 Å². The quantitative estimate of drug-likeness (QED) is 0.577. The van der Waals surface area contributed by atoms with Crippen LogP contribution in [-0.4, -0.2) is 18.9 Å². The summed E-state index contributed by atoms with van der Waals surface area (Å²) in [7, 11) is 0. The summed E-state index contributed by atoms with van der Waals surface area (Å²) in [6.07, 6.45) is 2.05. The molecule has 0 spiro atoms. The van der Waals surface area contributed by atoms with E-state index in [0.717, 1.165) is 43.0 Å². The van der Waals surface area contributed by atoms with E-state index in [1.54, 1.807) is 6.92 Å². The number of anilines is 1. The fourth-order valence-corrected chi connectivity index (χ4v) is 2.18. The van der Waals surface area contributed by atoms with Crippen LogP contribution in [0.25, 0.3) is 0 Å². The molecule has 0 aliphatic heterocycles. The molecule has 0 aliphatic rings. The molecule has 2 rings (SSSR count). The van der Waals surface area contributed by atoms with Crippen LogP contribution >= 0.6 is 0 Å². The first-order valence-electron chi connectivity index (χ1n) is 7.69. The van der Waals surface area contributed by atoms with Crippen LogP contribution in [0.2, 0.25) is 0 Å². The standard InChI is InChI=1S/C19H23NO2/c1-15-6-5-7-19(14-15)22-13-4-3-12-20-18-10-8-17(9-11-18)16(2)21/h5-11,14,20H,3-4,12-13H2,1-2H3. The Hall–Kier alpha value is -2.29. The Morgan fingerprint density at radius 1 is 1.09 bits per heavy atom. The molecule has 116 valence electrons. The number of nitrogens with one attached hydrogen (secondary N) is 1. The van der Waals surface area contributed by atoms with Gasteiger partial charge in [-0.25, -0.2) is 0 Å². The molecule has 3 nitrogen and oxygen atoms in total. The number of ether oxygens (including phenoxy) is 1. The summed E-state index contributed by atoms with van der Waals surface area (Å²) in [6, 6.07) is 15.7. The van der Waals surface area contributed by atoms with E-state index in [2.05, 4.69) is 24.4 Å². The van der Waals surface area contributed by atoms with Gasteiger partial charge in [-0.1, -0.05) is 12.1 Å². The zero-order valence-corrected chi connectivity index (χ0v) is 13.3. The largest absolute Gasteiger partial charge is 0.494 e. The lowest BCUT2D eigenvalue weighted by atomic mass is 10.1. The van der Waals surface area contributed by atoms with Gasteiger partial charge in [-0.3, -0.25) is 4.79 Å². The van der Waals surface area contributed by atoms with Gasteiger partial charge in [0, 0.05) is 17.8 Å². The van der Waals surface area contributed by atoms with Crippen molar-refractivity contribution in [3.8, 4) is 5.75 Å². The van der Waals surface area contributed by atoms with Crippen LogP contribution in [0, 0.1) is 6.92 Å². The molecule has 3 heteroatoms. The Bertz CT molecular complexity index is 605. The van der Waals surface area contributed by atoms with Crippen LogP contribution in [0.1, 0.15) is 35.7 Å². The average molecular weight is 297 g/mol. The molecule has 0 saturated heterocycles. The summed E-state index contributed by atoms with van der Waals surface area (Å²) in [5.74, 6) is 1.03. The number of aryl methyl sites for hydroxylation is 1. The average Bonchev–Trinajstić information content (AvgIpc) is 2.51. The van der Waals surface area contributed by atoms with E-state index in [4.69, 9.17) is 4.74 Å². The Kier molecular flexibility index (Phi) is 6.01.